The average molecular weight is 202 g/mol. The minimum absolute atomic E-state index is 0.170. The van der Waals surface area contributed by atoms with Crippen LogP contribution in [0.4, 0.5) is 0 Å². The minimum atomic E-state index is -0.530. The molecular formula is C12H10O3. The van der Waals surface area contributed by atoms with Crippen LogP contribution in [0, 0.1) is 0 Å². The van der Waals surface area contributed by atoms with E-state index in [2.05, 4.69) is 13.2 Å². The molecule has 0 fully saturated rings. The zero-order valence-electron chi connectivity index (χ0n) is 8.10. The van der Waals surface area contributed by atoms with Crippen molar-refractivity contribution in [2.75, 3.05) is 0 Å². The van der Waals surface area contributed by atoms with Gasteiger partial charge in [0.05, 0.1) is 0 Å². The Hall–Kier alpha value is -2.16. The Bertz CT molecular complexity index is 401. The highest BCUT2D eigenvalue weighted by molar-refractivity contribution is 6.04. The Morgan fingerprint density at radius 2 is 1.67 bits per heavy atom. The molecular weight excluding hydrogens is 192 g/mol. The maximum absolute atomic E-state index is 11.2. The maximum Gasteiger partial charge on any atom is 0.335 e. The molecule has 0 spiro atoms. The number of esters is 1. The van der Waals surface area contributed by atoms with Crippen LogP contribution in [0.2, 0.25) is 0 Å². The number of ether oxygens (including phenoxy) is 1. The quantitative estimate of drug-likeness (QED) is 0.325. The molecule has 0 heterocycles. The number of ketones is 1. The summed E-state index contributed by atoms with van der Waals surface area (Å²) in [4.78, 5) is 22.0. The van der Waals surface area contributed by atoms with Crippen molar-refractivity contribution in [1.82, 2.24) is 0 Å². The summed E-state index contributed by atoms with van der Waals surface area (Å²) in [6.07, 6.45) is 2.30. The Balaban J connectivity index is 2.80. The molecule has 0 N–H and O–H groups in total. The molecule has 3 nitrogen and oxygen atoms in total. The van der Waals surface area contributed by atoms with E-state index in [1.54, 1.807) is 12.1 Å². The first kappa shape index (κ1) is 10.9. The third kappa shape index (κ3) is 2.91. The molecule has 0 saturated heterocycles. The first-order valence-corrected chi connectivity index (χ1v) is 4.28. The van der Waals surface area contributed by atoms with Crippen LogP contribution in [0.3, 0.4) is 0 Å². The number of hydrogen-bond donors (Lipinski definition) is 0. The Morgan fingerprint density at radius 3 is 2.13 bits per heavy atom. The summed E-state index contributed by atoms with van der Waals surface area (Å²) in [6.45, 7) is 6.65. The van der Waals surface area contributed by atoms with Crippen molar-refractivity contribution in [2.24, 2.45) is 0 Å². The van der Waals surface area contributed by atoms with Gasteiger partial charge in [-0.15, -0.1) is 0 Å². The van der Waals surface area contributed by atoms with Crippen molar-refractivity contribution in [3.8, 4) is 5.75 Å². The number of benzene rings is 1. The van der Waals surface area contributed by atoms with Crippen LogP contribution in [0.15, 0.2) is 49.6 Å². The highest BCUT2D eigenvalue weighted by atomic mass is 16.5. The van der Waals surface area contributed by atoms with E-state index >= 15 is 0 Å². The van der Waals surface area contributed by atoms with Crippen molar-refractivity contribution in [2.45, 2.75) is 0 Å². The van der Waals surface area contributed by atoms with Gasteiger partial charge in [-0.05, 0) is 30.3 Å². The van der Waals surface area contributed by atoms with Gasteiger partial charge in [0.25, 0.3) is 0 Å². The Morgan fingerprint density at radius 1 is 1.07 bits per heavy atom. The van der Waals surface area contributed by atoms with Crippen molar-refractivity contribution >= 4 is 11.8 Å². The molecule has 0 atom stereocenters. The predicted molar refractivity (Wildman–Crippen MR) is 56.8 cm³/mol. The SMILES string of the molecule is C=CC(=O)Oc1ccc(C(=O)C=C)cc1. The van der Waals surface area contributed by atoms with E-state index in [9.17, 15) is 9.59 Å². The normalized spacial score (nSPS) is 9.07. The van der Waals surface area contributed by atoms with Gasteiger partial charge in [-0.1, -0.05) is 13.2 Å². The lowest BCUT2D eigenvalue weighted by Crippen LogP contribution is -2.03. The molecule has 0 aliphatic rings. The maximum atomic E-state index is 11.2. The zero-order valence-corrected chi connectivity index (χ0v) is 8.10. The molecule has 1 rings (SSSR count). The highest BCUT2D eigenvalue weighted by Gasteiger charge is 2.02. The summed E-state index contributed by atoms with van der Waals surface area (Å²) in [7, 11) is 0. The summed E-state index contributed by atoms with van der Waals surface area (Å²) >= 11 is 0. The predicted octanol–water partition coefficient (Wildman–Crippen LogP) is 2.15. The third-order valence-electron chi connectivity index (χ3n) is 1.71. The molecule has 3 heteroatoms. The molecule has 0 radical (unpaired) electrons. The van der Waals surface area contributed by atoms with Crippen LogP contribution < -0.4 is 4.74 Å². The summed E-state index contributed by atoms with van der Waals surface area (Å²) in [5, 5.41) is 0. The van der Waals surface area contributed by atoms with E-state index in [0.29, 0.717) is 11.3 Å². The lowest BCUT2D eigenvalue weighted by atomic mass is 10.1. The van der Waals surface area contributed by atoms with E-state index in [4.69, 9.17) is 4.74 Å². The molecule has 1 aromatic rings. The molecule has 0 unspecified atom stereocenters. The lowest BCUT2D eigenvalue weighted by Gasteiger charge is -2.01. The smallest absolute Gasteiger partial charge is 0.335 e. The molecule has 0 aliphatic carbocycles. The summed E-state index contributed by atoms with van der Waals surface area (Å²) in [5.74, 6) is -0.324. The molecule has 15 heavy (non-hydrogen) atoms. The molecule has 0 aliphatic heterocycles. The van der Waals surface area contributed by atoms with Crippen molar-refractivity contribution in [1.29, 1.82) is 0 Å². The first-order valence-electron chi connectivity index (χ1n) is 4.28. The van der Waals surface area contributed by atoms with Gasteiger partial charge in [0.2, 0.25) is 0 Å². The summed E-state index contributed by atoms with van der Waals surface area (Å²) < 4.78 is 4.84. The number of allylic oxidation sites excluding steroid dienone is 1. The largest absolute Gasteiger partial charge is 0.423 e. The third-order valence-corrected chi connectivity index (χ3v) is 1.71. The molecule has 76 valence electrons. The van der Waals surface area contributed by atoms with E-state index < -0.39 is 5.97 Å². The summed E-state index contributed by atoms with van der Waals surface area (Å²) in [6, 6.07) is 6.21. The van der Waals surface area contributed by atoms with Crippen LogP contribution in [0.5, 0.6) is 5.75 Å². The second-order valence-electron chi connectivity index (χ2n) is 2.72. The molecule has 1 aromatic carbocycles. The number of rotatable bonds is 4. The van der Waals surface area contributed by atoms with Gasteiger partial charge < -0.3 is 4.74 Å². The van der Waals surface area contributed by atoms with Crippen LogP contribution in [-0.2, 0) is 4.79 Å². The molecule has 0 aromatic heterocycles. The Kier molecular flexibility index (Phi) is 3.57. The number of hydrogen-bond acceptors (Lipinski definition) is 3. The van der Waals surface area contributed by atoms with Gasteiger partial charge in [0.15, 0.2) is 5.78 Å². The van der Waals surface area contributed by atoms with Gasteiger partial charge >= 0.3 is 5.97 Å². The number of carbonyl (C=O) groups is 2. The summed E-state index contributed by atoms with van der Waals surface area (Å²) in [5.41, 5.74) is 0.503. The van der Waals surface area contributed by atoms with Crippen LogP contribution >= 0.6 is 0 Å². The fraction of sp³-hybridized carbons (Fsp3) is 0. The van der Waals surface area contributed by atoms with Gasteiger partial charge in [0, 0.05) is 11.6 Å². The van der Waals surface area contributed by atoms with Crippen molar-refractivity contribution in [3.05, 3.63) is 55.1 Å². The van der Waals surface area contributed by atoms with E-state index in [-0.39, 0.29) is 5.78 Å². The fourth-order valence-electron chi connectivity index (χ4n) is 0.963. The second kappa shape index (κ2) is 4.91. The van der Waals surface area contributed by atoms with E-state index in [1.165, 1.54) is 18.2 Å². The van der Waals surface area contributed by atoms with Crippen LogP contribution in [0.25, 0.3) is 0 Å². The van der Waals surface area contributed by atoms with Crippen LogP contribution in [-0.4, -0.2) is 11.8 Å². The standard InChI is InChI=1S/C12H10O3/c1-3-11(13)9-5-7-10(8-6-9)15-12(14)4-2/h3-8H,1-2H2. The second-order valence-corrected chi connectivity index (χ2v) is 2.72. The van der Waals surface area contributed by atoms with Gasteiger partial charge in [-0.25, -0.2) is 4.79 Å². The molecule has 0 bridgehead atoms. The first-order chi connectivity index (χ1) is 7.17. The van der Waals surface area contributed by atoms with Gasteiger partial charge in [-0.3, -0.25) is 4.79 Å². The van der Waals surface area contributed by atoms with Crippen molar-refractivity contribution in [3.63, 3.8) is 0 Å². The monoisotopic (exact) mass is 202 g/mol. The average Bonchev–Trinajstić information content (AvgIpc) is 2.29. The molecule has 0 saturated carbocycles. The lowest BCUT2D eigenvalue weighted by molar-refractivity contribution is -0.128. The minimum Gasteiger partial charge on any atom is -0.423 e. The topological polar surface area (TPSA) is 43.4 Å². The number of carbonyl (C=O) groups excluding carboxylic acids is 2. The van der Waals surface area contributed by atoms with Gasteiger partial charge in [0.1, 0.15) is 5.75 Å². The van der Waals surface area contributed by atoms with Crippen LogP contribution in [0.1, 0.15) is 10.4 Å². The fourth-order valence-corrected chi connectivity index (χ4v) is 0.963. The van der Waals surface area contributed by atoms with E-state index in [0.717, 1.165) is 6.08 Å². The van der Waals surface area contributed by atoms with E-state index in [1.807, 2.05) is 0 Å². The van der Waals surface area contributed by atoms with Gasteiger partial charge in [-0.2, -0.15) is 0 Å². The van der Waals surface area contributed by atoms with Crippen molar-refractivity contribution < 1.29 is 14.3 Å². The Labute approximate surface area is 87.7 Å². The highest BCUT2D eigenvalue weighted by Crippen LogP contribution is 2.13. The molecule has 0 amide bonds. The zero-order chi connectivity index (χ0) is 11.3.